The third-order valence-electron chi connectivity index (χ3n) is 4.07. The Kier molecular flexibility index (Phi) is 2.97. The lowest BCUT2D eigenvalue weighted by molar-refractivity contribution is 0.0937. The van der Waals surface area contributed by atoms with Gasteiger partial charge in [0.25, 0.3) is 11.5 Å². The summed E-state index contributed by atoms with van der Waals surface area (Å²) in [5.41, 5.74) is 0.792. The maximum atomic E-state index is 13.0. The molecular weight excluding hydrogens is 292 g/mol. The molecule has 1 unspecified atom stereocenters. The van der Waals surface area contributed by atoms with Crippen LogP contribution in [0.15, 0.2) is 47.4 Å². The van der Waals surface area contributed by atoms with Gasteiger partial charge in [0.1, 0.15) is 5.82 Å². The van der Waals surface area contributed by atoms with Gasteiger partial charge in [0.05, 0.1) is 22.5 Å². The second kappa shape index (κ2) is 5.01. The van der Waals surface area contributed by atoms with Gasteiger partial charge in [-0.3, -0.25) is 9.59 Å². The normalized spacial score (nSPS) is 16.4. The van der Waals surface area contributed by atoms with Crippen molar-refractivity contribution in [3.8, 4) is 5.82 Å². The summed E-state index contributed by atoms with van der Waals surface area (Å²) in [7, 11) is 0. The van der Waals surface area contributed by atoms with Gasteiger partial charge in [-0.2, -0.15) is 0 Å². The zero-order valence-electron chi connectivity index (χ0n) is 12.5. The Morgan fingerprint density at radius 1 is 1.17 bits per heavy atom. The van der Waals surface area contributed by atoms with Gasteiger partial charge in [-0.25, -0.2) is 14.5 Å². The first-order chi connectivity index (χ1) is 11.2. The van der Waals surface area contributed by atoms with E-state index in [4.69, 9.17) is 0 Å². The Bertz CT molecular complexity index is 993. The van der Waals surface area contributed by atoms with Gasteiger partial charge in [0.2, 0.25) is 0 Å². The number of amides is 1. The van der Waals surface area contributed by atoms with E-state index in [0.717, 1.165) is 0 Å². The largest absolute Gasteiger partial charge is 0.342 e. The van der Waals surface area contributed by atoms with E-state index < -0.39 is 0 Å². The molecule has 1 aliphatic rings. The van der Waals surface area contributed by atoms with Crippen molar-refractivity contribution in [2.45, 2.75) is 19.4 Å². The van der Waals surface area contributed by atoms with E-state index in [-0.39, 0.29) is 17.5 Å². The van der Waals surface area contributed by atoms with E-state index >= 15 is 0 Å². The molecule has 0 fully saturated rings. The van der Waals surface area contributed by atoms with Crippen molar-refractivity contribution in [1.29, 1.82) is 0 Å². The molecule has 2 aromatic heterocycles. The molecule has 0 radical (unpaired) electrons. The average Bonchev–Trinajstić information content (AvgIpc) is 2.70. The van der Waals surface area contributed by atoms with E-state index in [9.17, 15) is 9.59 Å². The molecule has 4 rings (SSSR count). The number of pyridine rings is 1. The highest BCUT2D eigenvalue weighted by molar-refractivity contribution is 5.98. The van der Waals surface area contributed by atoms with E-state index in [0.29, 0.717) is 34.5 Å². The molecule has 6 heteroatoms. The molecular formula is C17H14N4O2. The van der Waals surface area contributed by atoms with Crippen molar-refractivity contribution in [2.75, 3.05) is 0 Å². The number of rotatable bonds is 1. The summed E-state index contributed by atoms with van der Waals surface area (Å²) in [6, 6.07) is 10.2. The second-order valence-electron chi connectivity index (χ2n) is 5.44. The number of carbonyl (C=O) groups is 1. The SMILES string of the molecule is CCC1NC(=O)c2cccnc2-n2c1nc1ccccc1c2=O. The van der Waals surface area contributed by atoms with Gasteiger partial charge in [0.15, 0.2) is 5.82 Å². The van der Waals surface area contributed by atoms with Crippen molar-refractivity contribution in [2.24, 2.45) is 0 Å². The number of fused-ring (bicyclic) bond motifs is 4. The van der Waals surface area contributed by atoms with E-state index in [1.165, 1.54) is 4.57 Å². The zero-order valence-corrected chi connectivity index (χ0v) is 12.5. The molecule has 23 heavy (non-hydrogen) atoms. The number of nitrogens with one attached hydrogen (secondary N) is 1. The van der Waals surface area contributed by atoms with Crippen molar-refractivity contribution in [3.63, 3.8) is 0 Å². The zero-order chi connectivity index (χ0) is 16.0. The first-order valence-electron chi connectivity index (χ1n) is 7.48. The first-order valence-corrected chi connectivity index (χ1v) is 7.48. The molecule has 3 heterocycles. The summed E-state index contributed by atoms with van der Waals surface area (Å²) in [5.74, 6) is 0.607. The Balaban J connectivity index is 2.18. The van der Waals surface area contributed by atoms with E-state index in [1.54, 1.807) is 36.5 Å². The molecule has 1 aromatic carbocycles. The van der Waals surface area contributed by atoms with Crippen LogP contribution in [-0.4, -0.2) is 20.4 Å². The highest BCUT2D eigenvalue weighted by Gasteiger charge is 2.29. The number of nitrogens with zero attached hydrogens (tertiary/aromatic N) is 3. The molecule has 6 nitrogen and oxygen atoms in total. The quantitative estimate of drug-likeness (QED) is 0.745. The summed E-state index contributed by atoms with van der Waals surface area (Å²) in [6.07, 6.45) is 2.20. The van der Waals surface area contributed by atoms with Crippen molar-refractivity contribution in [1.82, 2.24) is 19.9 Å². The standard InChI is InChI=1S/C17H14N4O2/c1-2-12-15-19-13-8-4-3-6-10(13)17(23)21(15)14-11(16(22)20-12)7-5-9-18-14/h3-9,12H,2H2,1H3,(H,20,22). The number of hydrogen-bond donors (Lipinski definition) is 1. The summed E-state index contributed by atoms with van der Waals surface area (Å²) >= 11 is 0. The van der Waals surface area contributed by atoms with Crippen molar-refractivity contribution >= 4 is 16.8 Å². The first kappa shape index (κ1) is 13.6. The van der Waals surface area contributed by atoms with Crippen LogP contribution in [0.25, 0.3) is 16.7 Å². The Morgan fingerprint density at radius 3 is 2.83 bits per heavy atom. The van der Waals surface area contributed by atoms with Gasteiger partial charge >= 0.3 is 0 Å². The monoisotopic (exact) mass is 306 g/mol. The third-order valence-corrected chi connectivity index (χ3v) is 4.07. The average molecular weight is 306 g/mol. The molecule has 1 aliphatic heterocycles. The van der Waals surface area contributed by atoms with Crippen LogP contribution in [0.3, 0.4) is 0 Å². The number of benzene rings is 1. The lowest BCUT2D eigenvalue weighted by Crippen LogP contribution is -2.30. The van der Waals surface area contributed by atoms with Crippen LogP contribution in [0.4, 0.5) is 0 Å². The fourth-order valence-corrected chi connectivity index (χ4v) is 2.93. The summed E-state index contributed by atoms with van der Waals surface area (Å²) in [5, 5.41) is 3.44. The molecule has 3 aromatic rings. The van der Waals surface area contributed by atoms with E-state index in [2.05, 4.69) is 15.3 Å². The smallest absolute Gasteiger partial charge is 0.267 e. The second-order valence-corrected chi connectivity index (χ2v) is 5.44. The Labute approximate surface area is 131 Å². The topological polar surface area (TPSA) is 76.9 Å². The molecule has 0 saturated carbocycles. The van der Waals surface area contributed by atoms with Gasteiger partial charge in [-0.05, 0) is 30.7 Å². The number of carbonyl (C=O) groups excluding carboxylic acids is 1. The minimum atomic E-state index is -0.339. The van der Waals surface area contributed by atoms with Crippen LogP contribution >= 0.6 is 0 Å². The van der Waals surface area contributed by atoms with Crippen LogP contribution in [0.5, 0.6) is 0 Å². The lowest BCUT2D eigenvalue weighted by atomic mass is 10.2. The predicted octanol–water partition coefficient (Wildman–Crippen LogP) is 1.98. The lowest BCUT2D eigenvalue weighted by Gasteiger charge is -2.17. The van der Waals surface area contributed by atoms with E-state index in [1.807, 2.05) is 13.0 Å². The molecule has 1 atom stereocenters. The summed E-state index contributed by atoms with van der Waals surface area (Å²) in [4.78, 5) is 34.4. The van der Waals surface area contributed by atoms with Crippen LogP contribution in [0.2, 0.25) is 0 Å². The minimum absolute atomic E-state index is 0.208. The third kappa shape index (κ3) is 1.95. The highest BCUT2D eigenvalue weighted by atomic mass is 16.2. The van der Waals surface area contributed by atoms with Gasteiger partial charge in [0, 0.05) is 6.20 Å². The molecule has 1 amide bonds. The maximum Gasteiger partial charge on any atom is 0.267 e. The van der Waals surface area contributed by atoms with Crippen LogP contribution in [0, 0.1) is 0 Å². The van der Waals surface area contributed by atoms with Crippen LogP contribution in [-0.2, 0) is 0 Å². The van der Waals surface area contributed by atoms with Crippen molar-refractivity contribution < 1.29 is 4.79 Å². The van der Waals surface area contributed by atoms with Crippen LogP contribution < -0.4 is 10.9 Å². The fraction of sp³-hybridized carbons (Fsp3) is 0.176. The molecule has 114 valence electrons. The van der Waals surface area contributed by atoms with Gasteiger partial charge in [-0.15, -0.1) is 0 Å². The maximum absolute atomic E-state index is 13.0. The summed E-state index contributed by atoms with van der Waals surface area (Å²) in [6.45, 7) is 1.94. The highest BCUT2D eigenvalue weighted by Crippen LogP contribution is 2.24. The Morgan fingerprint density at radius 2 is 2.00 bits per heavy atom. The summed E-state index contributed by atoms with van der Waals surface area (Å²) < 4.78 is 1.46. The predicted molar refractivity (Wildman–Crippen MR) is 85.6 cm³/mol. The van der Waals surface area contributed by atoms with Gasteiger partial charge < -0.3 is 5.32 Å². The molecule has 0 aliphatic carbocycles. The molecule has 0 spiro atoms. The molecule has 0 saturated heterocycles. The number of aromatic nitrogens is 3. The number of hydrogen-bond acceptors (Lipinski definition) is 4. The molecule has 0 bridgehead atoms. The Hall–Kier alpha value is -3.02. The minimum Gasteiger partial charge on any atom is -0.342 e. The number of para-hydroxylation sites is 1. The van der Waals surface area contributed by atoms with Crippen molar-refractivity contribution in [3.05, 3.63) is 64.3 Å². The fourth-order valence-electron chi connectivity index (χ4n) is 2.93. The molecule has 1 N–H and O–H groups in total. The van der Waals surface area contributed by atoms with Gasteiger partial charge in [-0.1, -0.05) is 19.1 Å². The van der Waals surface area contributed by atoms with Crippen LogP contribution in [0.1, 0.15) is 35.6 Å².